The lowest BCUT2D eigenvalue weighted by Crippen LogP contribution is -2.15. The van der Waals surface area contributed by atoms with Crippen LogP contribution in [0.4, 0.5) is 5.69 Å². The van der Waals surface area contributed by atoms with Crippen LogP contribution in [-0.4, -0.2) is 24.0 Å². The number of hydrogen-bond acceptors (Lipinski definition) is 4. The number of anilines is 1. The van der Waals surface area contributed by atoms with Gasteiger partial charge in [0, 0.05) is 5.56 Å². The summed E-state index contributed by atoms with van der Waals surface area (Å²) in [5.41, 5.74) is 8.30. The Morgan fingerprint density at radius 3 is 2.53 bits per heavy atom. The van der Waals surface area contributed by atoms with E-state index < -0.39 is 10.0 Å². The van der Waals surface area contributed by atoms with Crippen LogP contribution in [0, 0.1) is 13.8 Å². The van der Waals surface area contributed by atoms with E-state index in [4.69, 9.17) is 5.73 Å². The Hall–Kier alpha value is -2.15. The maximum Gasteiger partial charge on any atom is 0.285 e. The molecule has 0 amide bonds. The van der Waals surface area contributed by atoms with Crippen LogP contribution in [0.25, 0.3) is 0 Å². The fourth-order valence-corrected chi connectivity index (χ4v) is 3.29. The van der Waals surface area contributed by atoms with Gasteiger partial charge in [-0.05, 0) is 26.0 Å². The topological polar surface area (TPSA) is 90.3 Å². The van der Waals surface area contributed by atoms with E-state index >= 15 is 0 Å². The van der Waals surface area contributed by atoms with Crippen molar-refractivity contribution >= 4 is 21.5 Å². The number of rotatable bonds is 0. The normalized spacial score (nSPS) is 16.2. The van der Waals surface area contributed by atoms with Crippen LogP contribution < -0.4 is 5.73 Å². The van der Waals surface area contributed by atoms with Gasteiger partial charge in [-0.1, -0.05) is 12.1 Å². The molecule has 2 aromatic rings. The van der Waals surface area contributed by atoms with Crippen LogP contribution in [0.3, 0.4) is 0 Å². The van der Waals surface area contributed by atoms with Crippen molar-refractivity contribution in [1.82, 2.24) is 9.78 Å². The first-order valence-electron chi connectivity index (χ1n) is 5.68. The number of aromatic nitrogens is 2. The molecule has 0 saturated heterocycles. The zero-order valence-electron chi connectivity index (χ0n) is 10.5. The second-order valence-electron chi connectivity index (χ2n) is 4.38. The third-order valence-corrected chi connectivity index (χ3v) is 4.49. The minimum Gasteiger partial charge on any atom is -0.396 e. The van der Waals surface area contributed by atoms with Gasteiger partial charge in [0.2, 0.25) is 0 Å². The molecule has 1 aliphatic rings. The van der Waals surface area contributed by atoms with Crippen molar-refractivity contribution in [2.45, 2.75) is 18.7 Å². The summed E-state index contributed by atoms with van der Waals surface area (Å²) in [5.74, 6) is 0.299. The van der Waals surface area contributed by atoms with Crippen molar-refractivity contribution < 1.29 is 8.42 Å². The summed E-state index contributed by atoms with van der Waals surface area (Å²) < 4.78 is 29.2. The highest BCUT2D eigenvalue weighted by Crippen LogP contribution is 2.28. The molecule has 1 aromatic heterocycles. The van der Waals surface area contributed by atoms with E-state index in [1.807, 2.05) is 0 Å². The molecule has 6 nitrogen and oxygen atoms in total. The van der Waals surface area contributed by atoms with Crippen molar-refractivity contribution in [3.8, 4) is 0 Å². The second-order valence-corrected chi connectivity index (χ2v) is 5.95. The summed E-state index contributed by atoms with van der Waals surface area (Å²) in [6.45, 7) is 3.56. The molecule has 0 radical (unpaired) electrons. The molecule has 1 aliphatic heterocycles. The van der Waals surface area contributed by atoms with Crippen LogP contribution in [-0.2, 0) is 10.0 Å². The minimum absolute atomic E-state index is 0.205. The molecule has 0 saturated carbocycles. The highest BCUT2D eigenvalue weighted by molar-refractivity contribution is 7.90. The number of hydrogen-bond donors (Lipinski definition) is 1. The molecule has 0 atom stereocenters. The zero-order valence-corrected chi connectivity index (χ0v) is 11.3. The van der Waals surface area contributed by atoms with Gasteiger partial charge in [0.1, 0.15) is 4.90 Å². The van der Waals surface area contributed by atoms with Crippen molar-refractivity contribution in [1.29, 1.82) is 0 Å². The van der Waals surface area contributed by atoms with E-state index in [2.05, 4.69) is 9.50 Å². The minimum atomic E-state index is -3.64. The van der Waals surface area contributed by atoms with Crippen molar-refractivity contribution in [3.63, 3.8) is 0 Å². The highest BCUT2D eigenvalue weighted by atomic mass is 32.2. The van der Waals surface area contributed by atoms with Crippen molar-refractivity contribution in [3.05, 3.63) is 41.2 Å². The van der Waals surface area contributed by atoms with Crippen LogP contribution in [0.2, 0.25) is 0 Å². The van der Waals surface area contributed by atoms with Gasteiger partial charge in [0.25, 0.3) is 10.0 Å². The standard InChI is InChI=1S/C12H12N4O2S/c1-7-11(13)8(2)16(14-7)12-9-5-3-4-6-10(9)19(17,18)15-12/h3-6H,13H2,1-2H3. The maximum atomic E-state index is 12.0. The van der Waals surface area contributed by atoms with Gasteiger partial charge >= 0.3 is 0 Å². The van der Waals surface area contributed by atoms with Gasteiger partial charge in [-0.3, -0.25) is 0 Å². The molecule has 0 aliphatic carbocycles. The Morgan fingerprint density at radius 1 is 1.21 bits per heavy atom. The monoisotopic (exact) mass is 276 g/mol. The molecule has 19 heavy (non-hydrogen) atoms. The van der Waals surface area contributed by atoms with E-state index in [-0.39, 0.29) is 4.90 Å². The molecule has 7 heteroatoms. The summed E-state index contributed by atoms with van der Waals surface area (Å²) >= 11 is 0. The molecular weight excluding hydrogens is 264 g/mol. The van der Waals surface area contributed by atoms with Crippen LogP contribution in [0.1, 0.15) is 17.0 Å². The lowest BCUT2D eigenvalue weighted by atomic mass is 10.2. The van der Waals surface area contributed by atoms with E-state index in [9.17, 15) is 8.42 Å². The molecule has 98 valence electrons. The molecule has 2 heterocycles. The number of fused-ring (bicyclic) bond motifs is 1. The van der Waals surface area contributed by atoms with Crippen molar-refractivity contribution in [2.75, 3.05) is 5.73 Å². The molecular formula is C12H12N4O2S. The quantitative estimate of drug-likeness (QED) is 0.779. The molecule has 0 bridgehead atoms. The summed E-state index contributed by atoms with van der Waals surface area (Å²) in [4.78, 5) is 0.205. The Bertz CT molecular complexity index is 818. The molecule has 0 unspecified atom stereocenters. The first-order valence-corrected chi connectivity index (χ1v) is 7.12. The predicted octanol–water partition coefficient (Wildman–Crippen LogP) is 1.08. The maximum absolute atomic E-state index is 12.0. The molecule has 3 rings (SSSR count). The number of sulfonamides is 1. The van der Waals surface area contributed by atoms with Gasteiger partial charge in [-0.25, -0.2) is 4.68 Å². The number of aryl methyl sites for hydroxylation is 1. The van der Waals surface area contributed by atoms with Gasteiger partial charge in [0.05, 0.1) is 17.1 Å². The summed E-state index contributed by atoms with van der Waals surface area (Å²) in [6, 6.07) is 6.69. The number of benzene rings is 1. The fourth-order valence-electron chi connectivity index (χ4n) is 2.10. The fraction of sp³-hybridized carbons (Fsp3) is 0.167. The third kappa shape index (κ3) is 1.58. The van der Waals surface area contributed by atoms with E-state index in [0.29, 0.717) is 28.5 Å². The highest BCUT2D eigenvalue weighted by Gasteiger charge is 2.31. The summed E-state index contributed by atoms with van der Waals surface area (Å²) in [5, 5.41) is 4.25. The number of nitrogens with zero attached hydrogens (tertiary/aromatic N) is 3. The molecule has 1 aromatic carbocycles. The average molecular weight is 276 g/mol. The summed E-state index contributed by atoms with van der Waals surface area (Å²) in [7, 11) is -3.64. The van der Waals surface area contributed by atoms with Gasteiger partial charge in [-0.2, -0.15) is 13.5 Å². The van der Waals surface area contributed by atoms with Crippen LogP contribution >= 0.6 is 0 Å². The summed E-state index contributed by atoms with van der Waals surface area (Å²) in [6.07, 6.45) is 0. The Labute approximate surface area is 110 Å². The number of nitrogen functional groups attached to an aromatic ring is 1. The Kier molecular flexibility index (Phi) is 2.30. The zero-order chi connectivity index (χ0) is 13.8. The van der Waals surface area contributed by atoms with Crippen molar-refractivity contribution in [2.24, 2.45) is 4.40 Å². The third-order valence-electron chi connectivity index (χ3n) is 3.16. The average Bonchev–Trinajstić information content (AvgIpc) is 2.79. The molecule has 2 N–H and O–H groups in total. The first kappa shape index (κ1) is 11.9. The lowest BCUT2D eigenvalue weighted by Gasteiger charge is -2.04. The Morgan fingerprint density at radius 2 is 1.89 bits per heavy atom. The smallest absolute Gasteiger partial charge is 0.285 e. The van der Waals surface area contributed by atoms with Gasteiger partial charge in [-0.15, -0.1) is 4.40 Å². The van der Waals surface area contributed by atoms with E-state index in [0.717, 1.165) is 0 Å². The van der Waals surface area contributed by atoms with E-state index in [1.54, 1.807) is 32.0 Å². The lowest BCUT2D eigenvalue weighted by molar-refractivity contribution is 0.599. The molecule has 0 spiro atoms. The van der Waals surface area contributed by atoms with Crippen LogP contribution in [0.5, 0.6) is 0 Å². The first-order chi connectivity index (χ1) is 8.92. The number of nitrogens with two attached hydrogens (primary N) is 1. The predicted molar refractivity (Wildman–Crippen MR) is 71.7 cm³/mol. The Balaban J connectivity index is 2.31. The molecule has 0 fully saturated rings. The SMILES string of the molecule is Cc1nn(C2=NS(=O)(=O)c3ccccc32)c(C)c1N. The van der Waals surface area contributed by atoms with E-state index in [1.165, 1.54) is 10.7 Å². The van der Waals surface area contributed by atoms with Gasteiger partial charge < -0.3 is 5.73 Å². The van der Waals surface area contributed by atoms with Gasteiger partial charge in [0.15, 0.2) is 5.84 Å². The largest absolute Gasteiger partial charge is 0.396 e. The second kappa shape index (κ2) is 3.67. The van der Waals surface area contributed by atoms with Crippen LogP contribution in [0.15, 0.2) is 33.6 Å².